The Morgan fingerprint density at radius 3 is 2.64 bits per heavy atom. The summed E-state index contributed by atoms with van der Waals surface area (Å²) in [5.41, 5.74) is 4.10. The molecule has 0 saturated heterocycles. The first kappa shape index (κ1) is 15.9. The third-order valence-corrected chi connectivity index (χ3v) is 4.92. The molecule has 0 amide bonds. The van der Waals surface area contributed by atoms with Crippen LogP contribution in [-0.2, 0) is 19.4 Å². The lowest BCUT2D eigenvalue weighted by Crippen LogP contribution is -2.23. The Labute approximate surface area is 146 Å². The molecule has 2 heterocycles. The predicted octanol–water partition coefficient (Wildman–Crippen LogP) is 4.04. The first-order valence-corrected chi connectivity index (χ1v) is 8.63. The first-order valence-electron chi connectivity index (χ1n) is 8.63. The van der Waals surface area contributed by atoms with E-state index in [-0.39, 0.29) is 11.2 Å². The van der Waals surface area contributed by atoms with Gasteiger partial charge >= 0.3 is 0 Å². The van der Waals surface area contributed by atoms with Crippen LogP contribution in [0.1, 0.15) is 37.1 Å². The van der Waals surface area contributed by atoms with E-state index in [1.54, 1.807) is 24.5 Å². The minimum atomic E-state index is -0.194. The maximum Gasteiger partial charge on any atom is 0.180 e. The number of hydrogen-bond donors (Lipinski definition) is 0. The molecule has 0 saturated carbocycles. The zero-order valence-corrected chi connectivity index (χ0v) is 14.5. The molecule has 128 valence electrons. The van der Waals surface area contributed by atoms with E-state index in [0.29, 0.717) is 17.9 Å². The zero-order chi connectivity index (χ0) is 17.4. The topological polar surface area (TPSA) is 43.6 Å². The Morgan fingerprint density at radius 1 is 1.12 bits per heavy atom. The Hall–Kier alpha value is -2.56. The average molecular weight is 336 g/mol. The van der Waals surface area contributed by atoms with Crippen molar-refractivity contribution in [2.45, 2.75) is 39.7 Å². The van der Waals surface area contributed by atoms with Crippen molar-refractivity contribution in [3.63, 3.8) is 0 Å². The third kappa shape index (κ3) is 3.06. The summed E-state index contributed by atoms with van der Waals surface area (Å²) in [5.74, 6) is 0.448. The minimum absolute atomic E-state index is 0.194. The SMILES string of the molecule is CC1(C)CCc2c(c(-c3ncccn3)nn2Cc2ccccc2F)C1. The molecule has 1 aliphatic carbocycles. The van der Waals surface area contributed by atoms with Crippen LogP contribution in [0, 0.1) is 11.2 Å². The fraction of sp³-hybridized carbons (Fsp3) is 0.350. The first-order chi connectivity index (χ1) is 12.0. The highest BCUT2D eigenvalue weighted by atomic mass is 19.1. The molecule has 0 spiro atoms. The van der Waals surface area contributed by atoms with Crippen molar-refractivity contribution in [1.29, 1.82) is 0 Å². The van der Waals surface area contributed by atoms with E-state index in [2.05, 4.69) is 23.8 Å². The quantitative estimate of drug-likeness (QED) is 0.725. The number of halogens is 1. The highest BCUT2D eigenvalue weighted by molar-refractivity contribution is 5.57. The summed E-state index contributed by atoms with van der Waals surface area (Å²) in [6.07, 6.45) is 6.44. The van der Waals surface area contributed by atoms with Crippen LogP contribution in [0.5, 0.6) is 0 Å². The molecule has 25 heavy (non-hydrogen) atoms. The molecule has 0 aliphatic heterocycles. The van der Waals surface area contributed by atoms with E-state index in [0.717, 1.165) is 25.0 Å². The Kier molecular flexibility index (Phi) is 3.86. The summed E-state index contributed by atoms with van der Waals surface area (Å²) in [7, 11) is 0. The molecular weight excluding hydrogens is 315 g/mol. The van der Waals surface area contributed by atoms with Gasteiger partial charge < -0.3 is 0 Å². The molecule has 0 unspecified atom stereocenters. The van der Waals surface area contributed by atoms with Gasteiger partial charge in [-0.3, -0.25) is 4.68 Å². The van der Waals surface area contributed by atoms with Crippen molar-refractivity contribution < 1.29 is 4.39 Å². The monoisotopic (exact) mass is 336 g/mol. The van der Waals surface area contributed by atoms with Gasteiger partial charge in [-0.25, -0.2) is 14.4 Å². The smallest absolute Gasteiger partial charge is 0.180 e. The van der Waals surface area contributed by atoms with Gasteiger partial charge in [-0.2, -0.15) is 5.10 Å². The molecule has 0 N–H and O–H groups in total. The van der Waals surface area contributed by atoms with E-state index in [9.17, 15) is 4.39 Å². The molecule has 0 atom stereocenters. The fourth-order valence-electron chi connectivity index (χ4n) is 3.54. The molecule has 1 aliphatic rings. The number of hydrogen-bond acceptors (Lipinski definition) is 3. The van der Waals surface area contributed by atoms with Gasteiger partial charge in [-0.05, 0) is 36.8 Å². The van der Waals surface area contributed by atoms with Crippen molar-refractivity contribution in [1.82, 2.24) is 19.7 Å². The van der Waals surface area contributed by atoms with Gasteiger partial charge in [0, 0.05) is 29.2 Å². The largest absolute Gasteiger partial charge is 0.264 e. The van der Waals surface area contributed by atoms with Crippen LogP contribution in [-0.4, -0.2) is 19.7 Å². The van der Waals surface area contributed by atoms with Crippen molar-refractivity contribution in [3.8, 4) is 11.5 Å². The van der Waals surface area contributed by atoms with Crippen LogP contribution < -0.4 is 0 Å². The second kappa shape index (κ2) is 6.06. The highest BCUT2D eigenvalue weighted by Crippen LogP contribution is 2.38. The number of benzene rings is 1. The minimum Gasteiger partial charge on any atom is -0.264 e. The van der Waals surface area contributed by atoms with Gasteiger partial charge in [0.15, 0.2) is 5.82 Å². The Morgan fingerprint density at radius 2 is 1.88 bits per heavy atom. The summed E-state index contributed by atoms with van der Waals surface area (Å²) in [6, 6.07) is 8.68. The van der Waals surface area contributed by atoms with Crippen LogP contribution in [0.15, 0.2) is 42.7 Å². The average Bonchev–Trinajstić information content (AvgIpc) is 2.94. The van der Waals surface area contributed by atoms with Gasteiger partial charge in [0.05, 0.1) is 6.54 Å². The molecule has 0 fully saturated rings. The summed E-state index contributed by atoms with van der Waals surface area (Å²) >= 11 is 0. The van der Waals surface area contributed by atoms with Crippen LogP contribution in [0.2, 0.25) is 0 Å². The van der Waals surface area contributed by atoms with Crippen LogP contribution in [0.3, 0.4) is 0 Å². The van der Waals surface area contributed by atoms with Gasteiger partial charge in [-0.1, -0.05) is 32.0 Å². The molecule has 0 bridgehead atoms. The van der Waals surface area contributed by atoms with E-state index < -0.39 is 0 Å². The highest BCUT2D eigenvalue weighted by Gasteiger charge is 2.32. The number of aromatic nitrogens is 4. The van der Waals surface area contributed by atoms with Crippen molar-refractivity contribution in [3.05, 3.63) is 65.4 Å². The van der Waals surface area contributed by atoms with Crippen LogP contribution >= 0.6 is 0 Å². The zero-order valence-electron chi connectivity index (χ0n) is 14.5. The molecule has 4 rings (SSSR count). The summed E-state index contributed by atoms with van der Waals surface area (Å²) in [5, 5.41) is 4.79. The molecule has 1 aromatic carbocycles. The summed E-state index contributed by atoms with van der Waals surface area (Å²) < 4.78 is 16.0. The maximum atomic E-state index is 14.1. The number of nitrogens with zero attached hydrogens (tertiary/aromatic N) is 4. The standard InChI is InChI=1S/C20H21FN4/c1-20(2)9-8-17-15(12-20)18(19-22-10-5-11-23-19)24-25(17)13-14-6-3-4-7-16(14)21/h3-7,10-11H,8-9,12-13H2,1-2H3. The van der Waals surface area contributed by atoms with Gasteiger partial charge in [-0.15, -0.1) is 0 Å². The lowest BCUT2D eigenvalue weighted by molar-refractivity contribution is 0.310. The van der Waals surface area contributed by atoms with Gasteiger partial charge in [0.1, 0.15) is 11.5 Å². The summed E-state index contributed by atoms with van der Waals surface area (Å²) in [4.78, 5) is 8.76. The Balaban J connectivity index is 1.81. The van der Waals surface area contributed by atoms with Gasteiger partial charge in [0.2, 0.25) is 0 Å². The van der Waals surface area contributed by atoms with E-state index in [1.165, 1.54) is 17.3 Å². The van der Waals surface area contributed by atoms with Crippen molar-refractivity contribution in [2.24, 2.45) is 5.41 Å². The normalized spacial score (nSPS) is 15.8. The second-order valence-electron chi connectivity index (χ2n) is 7.44. The number of rotatable bonds is 3. The van der Waals surface area contributed by atoms with Crippen molar-refractivity contribution in [2.75, 3.05) is 0 Å². The summed E-state index contributed by atoms with van der Waals surface area (Å²) in [6.45, 7) is 4.99. The second-order valence-corrected chi connectivity index (χ2v) is 7.44. The van der Waals surface area contributed by atoms with E-state index in [1.807, 2.05) is 16.8 Å². The molecule has 4 nitrogen and oxygen atoms in total. The Bertz CT molecular complexity index is 899. The third-order valence-electron chi connectivity index (χ3n) is 4.92. The molecule has 3 aromatic rings. The van der Waals surface area contributed by atoms with E-state index >= 15 is 0 Å². The number of fused-ring (bicyclic) bond motifs is 1. The van der Waals surface area contributed by atoms with Crippen molar-refractivity contribution >= 4 is 0 Å². The molecular formula is C20H21FN4. The van der Waals surface area contributed by atoms with Crippen LogP contribution in [0.25, 0.3) is 11.5 Å². The van der Waals surface area contributed by atoms with E-state index in [4.69, 9.17) is 5.10 Å². The predicted molar refractivity (Wildman–Crippen MR) is 94.6 cm³/mol. The maximum absolute atomic E-state index is 14.1. The lowest BCUT2D eigenvalue weighted by atomic mass is 9.76. The molecule has 0 radical (unpaired) electrons. The van der Waals surface area contributed by atoms with Gasteiger partial charge in [0.25, 0.3) is 0 Å². The molecule has 5 heteroatoms. The fourth-order valence-corrected chi connectivity index (χ4v) is 3.54. The van der Waals surface area contributed by atoms with Crippen LogP contribution in [0.4, 0.5) is 4.39 Å². The molecule has 2 aromatic heterocycles. The lowest BCUT2D eigenvalue weighted by Gasteiger charge is -2.30.